The van der Waals surface area contributed by atoms with Gasteiger partial charge in [-0.2, -0.15) is 0 Å². The van der Waals surface area contributed by atoms with E-state index in [0.717, 1.165) is 0 Å². The summed E-state index contributed by atoms with van der Waals surface area (Å²) < 4.78 is 0. The zero-order chi connectivity index (χ0) is 16.7. The van der Waals surface area contributed by atoms with E-state index in [1.54, 1.807) is 31.2 Å². The third-order valence-corrected chi connectivity index (χ3v) is 5.33. The van der Waals surface area contributed by atoms with Crippen molar-refractivity contribution < 1.29 is 19.5 Å². The van der Waals surface area contributed by atoms with E-state index in [9.17, 15) is 19.5 Å². The van der Waals surface area contributed by atoms with Gasteiger partial charge in [0.15, 0.2) is 0 Å². The summed E-state index contributed by atoms with van der Waals surface area (Å²) in [5, 5.41) is 11.6. The summed E-state index contributed by atoms with van der Waals surface area (Å²) in [5.41, 5.74) is 1.67. The van der Waals surface area contributed by atoms with Crippen LogP contribution in [0.3, 0.4) is 0 Å². The molecule has 0 bridgehead atoms. The van der Waals surface area contributed by atoms with E-state index in [-0.39, 0.29) is 17.0 Å². The van der Waals surface area contributed by atoms with Crippen molar-refractivity contribution in [1.82, 2.24) is 10.2 Å². The highest BCUT2D eigenvalue weighted by molar-refractivity contribution is 8.00. The fourth-order valence-electron chi connectivity index (χ4n) is 2.74. The molecule has 23 heavy (non-hydrogen) atoms. The number of rotatable bonds is 3. The van der Waals surface area contributed by atoms with Crippen LogP contribution in [-0.4, -0.2) is 45.0 Å². The van der Waals surface area contributed by atoms with Gasteiger partial charge in [0.05, 0.1) is 0 Å². The van der Waals surface area contributed by atoms with Crippen LogP contribution >= 0.6 is 11.8 Å². The second-order valence-corrected chi connectivity index (χ2v) is 6.56. The Kier molecular flexibility index (Phi) is 3.89. The maximum atomic E-state index is 12.3. The lowest BCUT2D eigenvalue weighted by molar-refractivity contribution is -0.148. The third kappa shape index (κ3) is 2.50. The molecule has 6 nitrogen and oxygen atoms in total. The molecule has 3 rings (SSSR count). The zero-order valence-electron chi connectivity index (χ0n) is 12.4. The summed E-state index contributed by atoms with van der Waals surface area (Å²) in [6.07, 6.45) is 0. The summed E-state index contributed by atoms with van der Waals surface area (Å²) in [4.78, 5) is 37.2. The summed E-state index contributed by atoms with van der Waals surface area (Å²) in [7, 11) is 0. The number of benzene rings is 1. The maximum absolute atomic E-state index is 12.3. The number of fused-ring (bicyclic) bond motifs is 1. The van der Waals surface area contributed by atoms with Gasteiger partial charge in [-0.05, 0) is 31.1 Å². The van der Waals surface area contributed by atoms with Gasteiger partial charge in [-0.1, -0.05) is 18.2 Å². The number of aliphatic carboxylic acids is 1. The number of carboxylic acids is 1. The molecule has 1 saturated heterocycles. The van der Waals surface area contributed by atoms with E-state index >= 15 is 0 Å². The third-order valence-electron chi connectivity index (χ3n) is 3.91. The molecule has 2 amide bonds. The lowest BCUT2D eigenvalue weighted by atomic mass is 10.0. The van der Waals surface area contributed by atoms with Crippen molar-refractivity contribution in [1.29, 1.82) is 0 Å². The quantitative estimate of drug-likeness (QED) is 0.814. The van der Waals surface area contributed by atoms with E-state index in [1.807, 2.05) is 0 Å². The molecule has 1 radical (unpaired) electrons. The molecule has 1 aromatic carbocycles. The molecule has 2 aliphatic rings. The Hall–Kier alpha value is -2.28. The minimum Gasteiger partial charge on any atom is -0.477 e. The predicted octanol–water partition coefficient (Wildman–Crippen LogP) is 1.24. The van der Waals surface area contributed by atoms with E-state index in [0.29, 0.717) is 22.5 Å². The average Bonchev–Trinajstić information content (AvgIpc) is 2.52. The Morgan fingerprint density at radius 1 is 1.39 bits per heavy atom. The molecular weight excluding hydrogens is 316 g/mol. The average molecular weight is 331 g/mol. The molecule has 1 fully saturated rings. The van der Waals surface area contributed by atoms with Gasteiger partial charge in [-0.15, -0.1) is 11.8 Å². The van der Waals surface area contributed by atoms with Crippen molar-refractivity contribution in [2.24, 2.45) is 0 Å². The molecule has 1 aromatic rings. The Morgan fingerprint density at radius 2 is 2.09 bits per heavy atom. The smallest absolute Gasteiger partial charge is 0.352 e. The Bertz CT molecular complexity index is 743. The zero-order valence-corrected chi connectivity index (χ0v) is 13.2. The van der Waals surface area contributed by atoms with Crippen molar-refractivity contribution in [3.8, 4) is 0 Å². The van der Waals surface area contributed by atoms with Crippen LogP contribution in [0.1, 0.15) is 22.8 Å². The first-order valence-corrected chi connectivity index (χ1v) is 8.06. The first kappa shape index (κ1) is 15.6. The molecule has 2 N–H and O–H groups in total. The monoisotopic (exact) mass is 331 g/mol. The molecule has 2 heterocycles. The molecule has 7 heteroatoms. The van der Waals surface area contributed by atoms with Crippen molar-refractivity contribution in [3.05, 3.63) is 53.6 Å². The molecule has 0 saturated carbocycles. The second-order valence-electron chi connectivity index (χ2n) is 5.45. The van der Waals surface area contributed by atoms with Crippen LogP contribution in [0.15, 0.2) is 35.5 Å². The topological polar surface area (TPSA) is 86.7 Å². The SMILES string of the molecule is [CH2]c1ccccc1C(=O)NC1C(=O)N2C(C(=O)O)=C(C)CS[C@H]12. The van der Waals surface area contributed by atoms with Gasteiger partial charge < -0.3 is 10.4 Å². The number of β-lactam (4-membered cyclic amide) rings is 1. The highest BCUT2D eigenvalue weighted by atomic mass is 32.2. The number of nitrogens with zero attached hydrogens (tertiary/aromatic N) is 1. The van der Waals surface area contributed by atoms with Gasteiger partial charge in [-0.25, -0.2) is 4.79 Å². The Balaban J connectivity index is 1.78. The Labute approximate surface area is 137 Å². The number of carbonyl (C=O) groups excluding carboxylic acids is 2. The minimum absolute atomic E-state index is 0.0295. The number of nitrogens with one attached hydrogen (secondary N) is 1. The number of hydrogen-bond acceptors (Lipinski definition) is 4. The lowest BCUT2D eigenvalue weighted by Crippen LogP contribution is -2.70. The van der Waals surface area contributed by atoms with Crippen LogP contribution < -0.4 is 5.32 Å². The molecule has 1 unspecified atom stereocenters. The molecular formula is C16H15N2O4S. The maximum Gasteiger partial charge on any atom is 0.352 e. The van der Waals surface area contributed by atoms with E-state index in [2.05, 4.69) is 12.2 Å². The fourth-order valence-corrected chi connectivity index (χ4v) is 4.03. The number of carboxylic acid groups (broad SMARTS) is 1. The van der Waals surface area contributed by atoms with Crippen LogP contribution in [0.4, 0.5) is 0 Å². The summed E-state index contributed by atoms with van der Waals surface area (Å²) in [6, 6.07) is 6.14. The summed E-state index contributed by atoms with van der Waals surface area (Å²) >= 11 is 1.45. The molecule has 0 spiro atoms. The van der Waals surface area contributed by atoms with Gasteiger partial charge in [-0.3, -0.25) is 14.5 Å². The van der Waals surface area contributed by atoms with Crippen LogP contribution in [0.5, 0.6) is 0 Å². The van der Waals surface area contributed by atoms with Crippen LogP contribution in [0.25, 0.3) is 0 Å². The largest absolute Gasteiger partial charge is 0.477 e. The molecule has 2 aliphatic heterocycles. The van der Waals surface area contributed by atoms with Crippen LogP contribution in [0, 0.1) is 6.92 Å². The first-order chi connectivity index (χ1) is 10.9. The molecule has 0 aliphatic carbocycles. The summed E-state index contributed by atoms with van der Waals surface area (Å²) in [6.45, 7) is 5.49. The number of amides is 2. The van der Waals surface area contributed by atoms with E-state index < -0.39 is 17.9 Å². The number of carbonyl (C=O) groups is 3. The van der Waals surface area contributed by atoms with Gasteiger partial charge in [0.1, 0.15) is 17.1 Å². The van der Waals surface area contributed by atoms with Gasteiger partial charge in [0, 0.05) is 11.3 Å². The molecule has 119 valence electrons. The van der Waals surface area contributed by atoms with Crippen molar-refractivity contribution >= 4 is 29.5 Å². The Morgan fingerprint density at radius 3 is 2.74 bits per heavy atom. The second kappa shape index (κ2) is 5.73. The molecule has 2 atom stereocenters. The van der Waals surface area contributed by atoms with Gasteiger partial charge >= 0.3 is 5.97 Å². The summed E-state index contributed by atoms with van der Waals surface area (Å²) in [5.74, 6) is -1.37. The van der Waals surface area contributed by atoms with Crippen molar-refractivity contribution in [2.75, 3.05) is 5.75 Å². The minimum atomic E-state index is -1.12. The van der Waals surface area contributed by atoms with Gasteiger partial charge in [0.2, 0.25) is 0 Å². The van der Waals surface area contributed by atoms with E-state index in [4.69, 9.17) is 0 Å². The lowest BCUT2D eigenvalue weighted by Gasteiger charge is -2.49. The van der Waals surface area contributed by atoms with E-state index in [1.165, 1.54) is 16.7 Å². The number of thioether (sulfide) groups is 1. The highest BCUT2D eigenvalue weighted by Gasteiger charge is 2.53. The highest BCUT2D eigenvalue weighted by Crippen LogP contribution is 2.40. The number of hydrogen-bond donors (Lipinski definition) is 2. The predicted molar refractivity (Wildman–Crippen MR) is 85.6 cm³/mol. The van der Waals surface area contributed by atoms with Crippen LogP contribution in [-0.2, 0) is 9.59 Å². The van der Waals surface area contributed by atoms with Crippen LogP contribution in [0.2, 0.25) is 0 Å². The fraction of sp³-hybridized carbons (Fsp3) is 0.250. The standard InChI is InChI=1S/C16H15N2O4S/c1-8-5-3-4-6-10(8)13(19)17-11-14(20)18-12(16(21)22)9(2)7-23-15(11)18/h3-6,11,15H,1,7H2,2H3,(H,17,19)(H,21,22)/t11?,15-/m1/s1. The van der Waals surface area contributed by atoms with Gasteiger partial charge in [0.25, 0.3) is 11.8 Å². The van der Waals surface area contributed by atoms with Crippen molar-refractivity contribution in [3.63, 3.8) is 0 Å². The molecule has 0 aromatic heterocycles. The normalized spacial score (nSPS) is 23.2. The first-order valence-electron chi connectivity index (χ1n) is 7.01. The van der Waals surface area contributed by atoms with Crippen molar-refractivity contribution in [2.45, 2.75) is 18.3 Å².